The van der Waals surface area contributed by atoms with Crippen LogP contribution >= 0.6 is 11.3 Å². The van der Waals surface area contributed by atoms with E-state index in [1.165, 1.54) is 15.4 Å². The Balaban J connectivity index is 2.18. The molecule has 0 fully saturated rings. The number of thiophene rings is 1. The van der Waals surface area contributed by atoms with Gasteiger partial charge in [-0.3, -0.25) is 0 Å². The van der Waals surface area contributed by atoms with Crippen molar-refractivity contribution in [3.8, 4) is 0 Å². The smallest absolute Gasteiger partial charge is 0.0954 e. The quantitative estimate of drug-likeness (QED) is 0.883. The summed E-state index contributed by atoms with van der Waals surface area (Å²) in [7, 11) is 0. The molecule has 0 spiro atoms. The third kappa shape index (κ3) is 2.76. The van der Waals surface area contributed by atoms with Gasteiger partial charge in [-0.2, -0.15) is 0 Å². The summed E-state index contributed by atoms with van der Waals surface area (Å²) in [6.07, 6.45) is 3.87. The van der Waals surface area contributed by atoms with Crippen molar-refractivity contribution in [3.63, 3.8) is 0 Å². The van der Waals surface area contributed by atoms with E-state index in [-0.39, 0.29) is 0 Å². The van der Waals surface area contributed by atoms with Crippen LogP contribution in [-0.2, 0) is 6.54 Å². The number of aryl methyl sites for hydroxylation is 1. The number of hydrogen-bond acceptors (Lipinski definition) is 3. The average Bonchev–Trinajstić information content (AvgIpc) is 2.94. The lowest BCUT2D eigenvalue weighted by Gasteiger charge is -2.15. The molecule has 2 aromatic rings. The highest BCUT2D eigenvalue weighted by Crippen LogP contribution is 2.26. The molecule has 0 aliphatic carbocycles. The zero-order valence-corrected chi connectivity index (χ0v) is 11.4. The van der Waals surface area contributed by atoms with Crippen molar-refractivity contribution in [1.29, 1.82) is 0 Å². The van der Waals surface area contributed by atoms with E-state index < -0.39 is 0 Å². The van der Waals surface area contributed by atoms with Gasteiger partial charge in [-0.05, 0) is 32.5 Å². The van der Waals surface area contributed by atoms with Gasteiger partial charge in [-0.15, -0.1) is 11.3 Å². The maximum atomic E-state index is 4.26. The lowest BCUT2D eigenvalue weighted by Crippen LogP contribution is -2.17. The number of aromatic nitrogens is 2. The van der Waals surface area contributed by atoms with Crippen LogP contribution in [-0.4, -0.2) is 16.1 Å². The molecule has 0 aliphatic heterocycles. The number of nitrogens with one attached hydrogen (secondary N) is 1. The number of nitrogens with zero attached hydrogens (tertiary/aromatic N) is 2. The molecule has 0 saturated carbocycles. The van der Waals surface area contributed by atoms with Gasteiger partial charge in [0.15, 0.2) is 0 Å². The maximum Gasteiger partial charge on any atom is 0.0954 e. The van der Waals surface area contributed by atoms with Crippen molar-refractivity contribution < 1.29 is 0 Å². The Morgan fingerprint density at radius 2 is 2.29 bits per heavy atom. The van der Waals surface area contributed by atoms with Crippen molar-refractivity contribution in [1.82, 2.24) is 14.9 Å². The molecule has 1 unspecified atom stereocenters. The van der Waals surface area contributed by atoms with Crippen molar-refractivity contribution >= 4 is 11.3 Å². The van der Waals surface area contributed by atoms with Crippen molar-refractivity contribution in [2.75, 3.05) is 6.54 Å². The summed E-state index contributed by atoms with van der Waals surface area (Å²) in [4.78, 5) is 7.00. The van der Waals surface area contributed by atoms with E-state index in [0.717, 1.165) is 13.1 Å². The summed E-state index contributed by atoms with van der Waals surface area (Å²) < 4.78 is 2.24. The molecular weight excluding hydrogens is 230 g/mol. The van der Waals surface area contributed by atoms with Gasteiger partial charge in [0.1, 0.15) is 0 Å². The minimum Gasteiger partial charge on any atom is -0.325 e. The highest BCUT2D eigenvalue weighted by molar-refractivity contribution is 7.12. The second-order valence-electron chi connectivity index (χ2n) is 4.20. The number of imidazole rings is 1. The van der Waals surface area contributed by atoms with Gasteiger partial charge in [0.05, 0.1) is 18.1 Å². The van der Waals surface area contributed by atoms with Crippen molar-refractivity contribution in [2.45, 2.75) is 33.4 Å². The topological polar surface area (TPSA) is 29.9 Å². The highest BCUT2D eigenvalue weighted by Gasteiger charge is 2.12. The molecule has 0 amide bonds. The van der Waals surface area contributed by atoms with Crippen LogP contribution in [0.1, 0.15) is 35.3 Å². The van der Waals surface area contributed by atoms with Crippen molar-refractivity contribution in [2.24, 2.45) is 0 Å². The molecule has 2 rings (SSSR count). The van der Waals surface area contributed by atoms with Crippen LogP contribution < -0.4 is 5.32 Å². The number of hydrogen-bond donors (Lipinski definition) is 1. The molecule has 0 bridgehead atoms. The largest absolute Gasteiger partial charge is 0.325 e. The van der Waals surface area contributed by atoms with Crippen LogP contribution in [0.3, 0.4) is 0 Å². The molecule has 2 heterocycles. The molecule has 2 aromatic heterocycles. The summed E-state index contributed by atoms with van der Waals surface area (Å²) in [6, 6.07) is 4.75. The zero-order valence-electron chi connectivity index (χ0n) is 10.6. The normalized spacial score (nSPS) is 12.9. The fourth-order valence-electron chi connectivity index (χ4n) is 1.89. The van der Waals surface area contributed by atoms with Crippen LogP contribution in [0, 0.1) is 6.92 Å². The Hall–Kier alpha value is -1.13. The SMILES string of the molecule is CCNCc1cncn1C(C)c1ccc(C)s1. The molecule has 0 aliphatic rings. The van der Waals surface area contributed by atoms with Crippen LogP contribution in [0.25, 0.3) is 0 Å². The number of rotatable bonds is 5. The van der Waals surface area contributed by atoms with E-state index in [2.05, 4.69) is 47.8 Å². The predicted octanol–water partition coefficient (Wildman–Crippen LogP) is 2.97. The monoisotopic (exact) mass is 249 g/mol. The lowest BCUT2D eigenvalue weighted by molar-refractivity contribution is 0.589. The van der Waals surface area contributed by atoms with Crippen LogP contribution in [0.15, 0.2) is 24.7 Å². The first-order chi connectivity index (χ1) is 8.22. The fourth-order valence-corrected chi connectivity index (χ4v) is 2.81. The Morgan fingerprint density at radius 3 is 2.94 bits per heavy atom. The third-order valence-corrected chi connectivity index (χ3v) is 4.06. The van der Waals surface area contributed by atoms with Gasteiger partial charge in [-0.1, -0.05) is 6.92 Å². The summed E-state index contributed by atoms with van der Waals surface area (Å²) in [5.41, 5.74) is 1.24. The fraction of sp³-hybridized carbons (Fsp3) is 0.462. The van der Waals surface area contributed by atoms with Gasteiger partial charge < -0.3 is 9.88 Å². The molecular formula is C13H19N3S. The first-order valence-electron chi connectivity index (χ1n) is 6.00. The van der Waals surface area contributed by atoms with E-state index in [1.54, 1.807) is 0 Å². The lowest BCUT2D eigenvalue weighted by atomic mass is 10.2. The van der Waals surface area contributed by atoms with Crippen LogP contribution in [0.4, 0.5) is 0 Å². The Morgan fingerprint density at radius 1 is 1.47 bits per heavy atom. The predicted molar refractivity (Wildman–Crippen MR) is 72.5 cm³/mol. The summed E-state index contributed by atoms with van der Waals surface area (Å²) in [5.74, 6) is 0. The Labute approximate surface area is 107 Å². The second kappa shape index (κ2) is 5.47. The summed E-state index contributed by atoms with van der Waals surface area (Å²) in [6.45, 7) is 8.35. The van der Waals surface area contributed by atoms with E-state index in [0.29, 0.717) is 6.04 Å². The van der Waals surface area contributed by atoms with Crippen LogP contribution in [0.2, 0.25) is 0 Å². The minimum atomic E-state index is 0.366. The van der Waals surface area contributed by atoms with Crippen LogP contribution in [0.5, 0.6) is 0 Å². The van der Waals surface area contributed by atoms with Gasteiger partial charge in [-0.25, -0.2) is 4.98 Å². The van der Waals surface area contributed by atoms with E-state index in [9.17, 15) is 0 Å². The third-order valence-electron chi connectivity index (χ3n) is 2.89. The molecule has 1 atom stereocenters. The van der Waals surface area contributed by atoms with Crippen molar-refractivity contribution in [3.05, 3.63) is 40.1 Å². The minimum absolute atomic E-state index is 0.366. The standard InChI is InChI=1S/C13H19N3S/c1-4-14-7-12-8-15-9-16(12)11(3)13-6-5-10(2)17-13/h5-6,8-9,11,14H,4,7H2,1-3H3. The first-order valence-corrected chi connectivity index (χ1v) is 6.81. The van der Waals surface area contributed by atoms with Gasteiger partial charge in [0, 0.05) is 22.5 Å². The average molecular weight is 249 g/mol. The highest BCUT2D eigenvalue weighted by atomic mass is 32.1. The first kappa shape index (κ1) is 12.3. The maximum absolute atomic E-state index is 4.26. The molecule has 0 saturated heterocycles. The Bertz CT molecular complexity index is 472. The molecule has 1 N–H and O–H groups in total. The molecule has 17 heavy (non-hydrogen) atoms. The van der Waals surface area contributed by atoms with E-state index in [1.807, 2.05) is 23.9 Å². The second-order valence-corrected chi connectivity index (χ2v) is 5.52. The summed E-state index contributed by atoms with van der Waals surface area (Å²) >= 11 is 1.86. The molecule has 0 radical (unpaired) electrons. The summed E-state index contributed by atoms with van der Waals surface area (Å²) in [5, 5.41) is 3.35. The molecule has 3 nitrogen and oxygen atoms in total. The van der Waals surface area contributed by atoms with E-state index >= 15 is 0 Å². The molecule has 4 heteroatoms. The van der Waals surface area contributed by atoms with Gasteiger partial charge in [0.2, 0.25) is 0 Å². The van der Waals surface area contributed by atoms with Gasteiger partial charge >= 0.3 is 0 Å². The van der Waals surface area contributed by atoms with Gasteiger partial charge in [0.25, 0.3) is 0 Å². The van der Waals surface area contributed by atoms with E-state index in [4.69, 9.17) is 0 Å². The Kier molecular flexibility index (Phi) is 3.97. The molecule has 92 valence electrons. The molecule has 0 aromatic carbocycles. The zero-order chi connectivity index (χ0) is 12.3.